The molecule has 12 heteroatoms. The van der Waals surface area contributed by atoms with Gasteiger partial charge in [-0.05, 0) is 24.3 Å². The number of esters is 1. The van der Waals surface area contributed by atoms with Crippen LogP contribution < -0.4 is 10.6 Å². The highest BCUT2D eigenvalue weighted by Crippen LogP contribution is 2.31. The summed E-state index contributed by atoms with van der Waals surface area (Å²) in [4.78, 5) is 40.4. The van der Waals surface area contributed by atoms with Gasteiger partial charge >= 0.3 is 5.97 Å². The predicted octanol–water partition coefficient (Wildman–Crippen LogP) is 4.57. The molecule has 0 aliphatic rings. The molecule has 0 saturated carbocycles. The van der Waals surface area contributed by atoms with Gasteiger partial charge in [0, 0.05) is 10.3 Å². The van der Waals surface area contributed by atoms with Crippen LogP contribution in [0.15, 0.2) is 58.8 Å². The zero-order chi connectivity index (χ0) is 23.8. The molecule has 2 amide bonds. The van der Waals surface area contributed by atoms with Gasteiger partial charge in [0.1, 0.15) is 5.82 Å². The van der Waals surface area contributed by atoms with Crippen LogP contribution in [0.1, 0.15) is 16.1 Å². The smallest absolute Gasteiger partial charge is 0.312 e. The number of hydrogen-bond acceptors (Lipinski definition) is 7. The fourth-order valence-electron chi connectivity index (χ4n) is 2.56. The number of amides is 2. The molecule has 0 fully saturated rings. The lowest BCUT2D eigenvalue weighted by Gasteiger charge is -2.10. The Morgan fingerprint density at radius 2 is 1.79 bits per heavy atom. The van der Waals surface area contributed by atoms with Crippen LogP contribution >= 0.6 is 23.1 Å². The molecule has 0 radical (unpaired) electrons. The highest BCUT2D eigenvalue weighted by atomic mass is 32.2. The number of halogens is 3. The predicted molar refractivity (Wildman–Crippen MR) is 118 cm³/mol. The van der Waals surface area contributed by atoms with Gasteiger partial charge in [0.25, 0.3) is 17.6 Å². The second-order valence-electron chi connectivity index (χ2n) is 6.34. The van der Waals surface area contributed by atoms with Gasteiger partial charge in [0.15, 0.2) is 11.7 Å². The van der Waals surface area contributed by atoms with E-state index in [0.29, 0.717) is 0 Å². The van der Waals surface area contributed by atoms with Crippen LogP contribution in [0, 0.1) is 5.82 Å². The summed E-state index contributed by atoms with van der Waals surface area (Å²) >= 11 is 1.32. The number of nitrogens with one attached hydrogen (secondary N) is 2. The number of aromatic nitrogens is 1. The third-order valence-corrected chi connectivity index (χ3v) is 5.55. The van der Waals surface area contributed by atoms with E-state index < -0.39 is 36.0 Å². The van der Waals surface area contributed by atoms with Gasteiger partial charge in [-0.3, -0.25) is 19.7 Å². The first-order chi connectivity index (χ1) is 15.8. The third kappa shape index (κ3) is 7.32. The molecule has 0 spiro atoms. The Morgan fingerprint density at radius 1 is 1.06 bits per heavy atom. The summed E-state index contributed by atoms with van der Waals surface area (Å²) < 4.78 is 43.8. The minimum atomic E-state index is -2.65. The molecule has 3 aromatic rings. The van der Waals surface area contributed by atoms with Crippen molar-refractivity contribution in [3.63, 3.8) is 0 Å². The molecule has 2 N–H and O–H groups in total. The zero-order valence-electron chi connectivity index (χ0n) is 16.7. The van der Waals surface area contributed by atoms with Crippen LogP contribution in [-0.4, -0.2) is 35.1 Å². The van der Waals surface area contributed by atoms with Crippen LogP contribution in [0.2, 0.25) is 0 Å². The van der Waals surface area contributed by atoms with Gasteiger partial charge in [-0.15, -0.1) is 11.3 Å². The molecule has 0 aliphatic carbocycles. The molecule has 33 heavy (non-hydrogen) atoms. The number of thiazole rings is 1. The number of alkyl halides is 2. The van der Waals surface area contributed by atoms with E-state index in [2.05, 4.69) is 15.6 Å². The summed E-state index contributed by atoms with van der Waals surface area (Å²) in [6.45, 7) is -0.618. The molecule has 2 aromatic carbocycles. The first-order valence-corrected chi connectivity index (χ1v) is 11.1. The number of carbonyl (C=O) groups is 3. The van der Waals surface area contributed by atoms with Crippen molar-refractivity contribution in [2.45, 2.75) is 17.1 Å². The van der Waals surface area contributed by atoms with Crippen molar-refractivity contribution in [3.05, 3.63) is 71.0 Å². The molecule has 1 aromatic heterocycles. The summed E-state index contributed by atoms with van der Waals surface area (Å²) in [7, 11) is 0. The second-order valence-corrected chi connectivity index (χ2v) is 8.23. The van der Waals surface area contributed by atoms with Gasteiger partial charge in [0.05, 0.1) is 23.4 Å². The van der Waals surface area contributed by atoms with Crippen molar-refractivity contribution in [1.29, 1.82) is 0 Å². The SMILES string of the molecule is O=C(COC(=O)Cc1csc(NC(=O)c2ccccc2F)n1)Nc1ccccc1SC(F)F. The summed E-state index contributed by atoms with van der Waals surface area (Å²) in [5.74, 6) is -5.46. The number of carbonyl (C=O) groups excluding carboxylic acids is 3. The number of thioether (sulfide) groups is 1. The fourth-order valence-corrected chi connectivity index (χ4v) is 3.86. The average molecular weight is 496 g/mol. The minimum absolute atomic E-state index is 0.145. The lowest BCUT2D eigenvalue weighted by molar-refractivity contribution is -0.146. The van der Waals surface area contributed by atoms with E-state index >= 15 is 0 Å². The highest BCUT2D eigenvalue weighted by molar-refractivity contribution is 7.99. The van der Waals surface area contributed by atoms with E-state index in [1.54, 1.807) is 12.1 Å². The molecule has 0 bridgehead atoms. The summed E-state index contributed by atoms with van der Waals surface area (Å²) in [6.07, 6.45) is -0.267. The van der Waals surface area contributed by atoms with Gasteiger partial charge in [-0.1, -0.05) is 36.0 Å². The highest BCUT2D eigenvalue weighted by Gasteiger charge is 2.16. The number of para-hydroxylation sites is 1. The van der Waals surface area contributed by atoms with Crippen LogP contribution in [-0.2, 0) is 20.7 Å². The topological polar surface area (TPSA) is 97.4 Å². The van der Waals surface area contributed by atoms with Crippen molar-refractivity contribution in [3.8, 4) is 0 Å². The Balaban J connectivity index is 1.48. The van der Waals surface area contributed by atoms with Crippen molar-refractivity contribution >= 4 is 51.7 Å². The number of benzene rings is 2. The third-order valence-electron chi connectivity index (χ3n) is 3.96. The van der Waals surface area contributed by atoms with E-state index in [1.165, 1.54) is 35.7 Å². The van der Waals surface area contributed by atoms with Crippen LogP contribution in [0.25, 0.3) is 0 Å². The fraction of sp³-hybridized carbons (Fsp3) is 0.143. The number of anilines is 2. The maximum Gasteiger partial charge on any atom is 0.312 e. The van der Waals surface area contributed by atoms with Crippen LogP contribution in [0.5, 0.6) is 0 Å². The Kier molecular flexibility index (Phi) is 8.44. The van der Waals surface area contributed by atoms with Gasteiger partial charge in [-0.25, -0.2) is 9.37 Å². The molecular weight excluding hydrogens is 479 g/mol. The zero-order valence-corrected chi connectivity index (χ0v) is 18.4. The molecule has 1 heterocycles. The molecule has 0 aliphatic heterocycles. The normalized spacial score (nSPS) is 10.7. The maximum absolute atomic E-state index is 13.7. The second kappa shape index (κ2) is 11.5. The molecule has 3 rings (SSSR count). The molecule has 7 nitrogen and oxygen atoms in total. The van der Waals surface area contributed by atoms with E-state index in [9.17, 15) is 27.6 Å². The summed E-state index contributed by atoms with van der Waals surface area (Å²) in [6, 6.07) is 11.5. The Morgan fingerprint density at radius 3 is 2.55 bits per heavy atom. The van der Waals surface area contributed by atoms with Gasteiger partial charge in [-0.2, -0.15) is 8.78 Å². The van der Waals surface area contributed by atoms with E-state index in [1.807, 2.05) is 0 Å². The minimum Gasteiger partial charge on any atom is -0.455 e. The number of hydrogen-bond donors (Lipinski definition) is 2. The van der Waals surface area contributed by atoms with E-state index in [-0.39, 0.29) is 45.2 Å². The molecule has 172 valence electrons. The first kappa shape index (κ1) is 24.3. The number of rotatable bonds is 9. The number of ether oxygens (including phenoxy) is 1. The van der Waals surface area contributed by atoms with Crippen molar-refractivity contribution in [1.82, 2.24) is 4.98 Å². The molecule has 0 saturated heterocycles. The summed E-state index contributed by atoms with van der Waals surface area (Å²) in [5, 5.41) is 6.54. The monoisotopic (exact) mass is 495 g/mol. The molecule has 0 atom stereocenters. The Labute approximate surface area is 194 Å². The van der Waals surface area contributed by atoms with Crippen LogP contribution in [0.4, 0.5) is 24.0 Å². The van der Waals surface area contributed by atoms with E-state index in [0.717, 1.165) is 17.4 Å². The maximum atomic E-state index is 13.7. The van der Waals surface area contributed by atoms with Crippen molar-refractivity contribution in [2.24, 2.45) is 0 Å². The summed E-state index contributed by atoms with van der Waals surface area (Å²) in [5.41, 5.74) is 0.319. The Bertz CT molecular complexity index is 1160. The first-order valence-electron chi connectivity index (χ1n) is 9.31. The molecule has 0 unspecified atom stereocenters. The number of nitrogens with zero attached hydrogens (tertiary/aromatic N) is 1. The largest absolute Gasteiger partial charge is 0.455 e. The molecular formula is C21H16F3N3O4S2. The van der Waals surface area contributed by atoms with Crippen LogP contribution in [0.3, 0.4) is 0 Å². The average Bonchev–Trinajstić information content (AvgIpc) is 3.20. The van der Waals surface area contributed by atoms with Gasteiger partial charge < -0.3 is 10.1 Å². The standard InChI is InChI=1S/C21H16F3N3O4S2/c22-14-6-2-1-5-13(14)19(30)27-21-25-12(11-32-21)9-18(29)31-10-17(28)26-15-7-3-4-8-16(15)33-20(23)24/h1-8,11,20H,9-10H2,(H,26,28)(H,25,27,30). The Hall–Kier alpha value is -3.38. The van der Waals surface area contributed by atoms with E-state index in [4.69, 9.17) is 4.74 Å². The van der Waals surface area contributed by atoms with Gasteiger partial charge in [0.2, 0.25) is 0 Å². The lowest BCUT2D eigenvalue weighted by atomic mass is 10.2. The quantitative estimate of drug-likeness (QED) is 0.333. The van der Waals surface area contributed by atoms with Crippen molar-refractivity contribution in [2.75, 3.05) is 17.2 Å². The van der Waals surface area contributed by atoms with Crippen molar-refractivity contribution < 1.29 is 32.3 Å². The lowest BCUT2D eigenvalue weighted by Crippen LogP contribution is -2.22.